The van der Waals surface area contributed by atoms with Crippen molar-refractivity contribution in [1.29, 1.82) is 0 Å². The van der Waals surface area contributed by atoms with Gasteiger partial charge in [0, 0.05) is 52.3 Å². The molecule has 220 valence electrons. The van der Waals surface area contributed by atoms with Crippen LogP contribution in [0.4, 0.5) is 10.1 Å². The maximum absolute atomic E-state index is 15.5. The number of nitrogens with zero attached hydrogens (tertiary/aromatic N) is 4. The number of piperidine rings is 1. The third-order valence-corrected chi connectivity index (χ3v) is 9.07. The Labute approximate surface area is 251 Å². The van der Waals surface area contributed by atoms with Gasteiger partial charge in [-0.05, 0) is 100 Å². The van der Waals surface area contributed by atoms with Crippen molar-refractivity contribution in [1.82, 2.24) is 24.6 Å². The minimum Gasteiger partial charge on any atom is -0.339 e. The van der Waals surface area contributed by atoms with Crippen molar-refractivity contribution in [2.75, 3.05) is 25.5 Å². The van der Waals surface area contributed by atoms with Crippen LogP contribution in [0.15, 0.2) is 61.4 Å². The summed E-state index contributed by atoms with van der Waals surface area (Å²) in [6, 6.07) is 12.1. The molecule has 0 atom stereocenters. The number of benzene rings is 2. The maximum Gasteiger partial charge on any atom is 0.247 e. The summed E-state index contributed by atoms with van der Waals surface area (Å²) in [5.74, 6) is -0.251. The zero-order chi connectivity index (χ0) is 30.4. The van der Waals surface area contributed by atoms with Crippen molar-refractivity contribution in [2.24, 2.45) is 7.05 Å². The number of aryl methyl sites for hydroxylation is 2. The summed E-state index contributed by atoms with van der Waals surface area (Å²) in [4.78, 5) is 23.0. The molecule has 4 heterocycles. The van der Waals surface area contributed by atoms with Crippen molar-refractivity contribution >= 4 is 22.6 Å². The lowest BCUT2D eigenvalue weighted by atomic mass is 9.88. The molecule has 0 bridgehead atoms. The summed E-state index contributed by atoms with van der Waals surface area (Å²) in [7, 11) is 4.10. The molecule has 1 aliphatic rings. The second-order valence-electron chi connectivity index (χ2n) is 11.7. The molecule has 6 rings (SSSR count). The van der Waals surface area contributed by atoms with E-state index in [1.165, 1.54) is 11.6 Å². The van der Waals surface area contributed by atoms with E-state index in [0.29, 0.717) is 28.4 Å². The van der Waals surface area contributed by atoms with E-state index < -0.39 is 11.7 Å². The molecule has 7 nitrogen and oxygen atoms in total. The molecule has 43 heavy (non-hydrogen) atoms. The molecule has 1 fully saturated rings. The number of pyridine rings is 1. The van der Waals surface area contributed by atoms with Crippen LogP contribution in [0.1, 0.15) is 41.1 Å². The Hall–Kier alpha value is -4.56. The molecular formula is C35H37FN6O. The molecule has 1 saturated heterocycles. The largest absolute Gasteiger partial charge is 0.339 e. The monoisotopic (exact) mass is 576 g/mol. The first kappa shape index (κ1) is 28.6. The van der Waals surface area contributed by atoms with Crippen molar-refractivity contribution < 1.29 is 9.18 Å². The van der Waals surface area contributed by atoms with Gasteiger partial charge in [-0.3, -0.25) is 9.48 Å². The molecule has 0 radical (unpaired) electrons. The average molecular weight is 577 g/mol. The average Bonchev–Trinajstić information content (AvgIpc) is 3.56. The van der Waals surface area contributed by atoms with Crippen LogP contribution in [0.25, 0.3) is 44.5 Å². The summed E-state index contributed by atoms with van der Waals surface area (Å²) in [6.07, 6.45) is 7.21. The van der Waals surface area contributed by atoms with E-state index >= 15 is 4.39 Å². The van der Waals surface area contributed by atoms with E-state index in [4.69, 9.17) is 4.98 Å². The SMILES string of the molecule is C=CC(=O)Nc1cc(-c2c(-c3ccc(C4CCN(C)CC4)cc3)[nH]c3ncc(-c4cnn(C)c4C)c(C)c23)cc(F)c1C. The number of rotatable bonds is 6. The molecule has 0 spiro atoms. The summed E-state index contributed by atoms with van der Waals surface area (Å²) in [6.45, 7) is 11.5. The van der Waals surface area contributed by atoms with Crippen LogP contribution in [0, 0.1) is 26.6 Å². The van der Waals surface area contributed by atoms with E-state index in [0.717, 1.165) is 70.5 Å². The van der Waals surface area contributed by atoms with Crippen LogP contribution in [0.2, 0.25) is 0 Å². The first-order chi connectivity index (χ1) is 20.7. The topological polar surface area (TPSA) is 78.8 Å². The van der Waals surface area contributed by atoms with Gasteiger partial charge in [-0.1, -0.05) is 30.8 Å². The van der Waals surface area contributed by atoms with Crippen LogP contribution in [0.5, 0.6) is 0 Å². The van der Waals surface area contributed by atoms with E-state index in [1.54, 1.807) is 13.0 Å². The standard InChI is InChI=1S/C35H37FN6O/c1-7-31(43)39-30-17-26(16-29(36)21(30)3)33-32-20(2)27(28-19-38-42(6)22(28)4)18-37-35(32)40-34(33)25-10-8-23(9-11-25)24-12-14-41(5)15-13-24/h7-11,16-19,24H,1,12-15H2,2-6H3,(H,37,40)(H,39,43). The maximum atomic E-state index is 15.5. The number of anilines is 1. The Morgan fingerprint density at radius 3 is 2.40 bits per heavy atom. The number of carbonyl (C=O) groups excluding carboxylic acids is 1. The smallest absolute Gasteiger partial charge is 0.247 e. The highest BCUT2D eigenvalue weighted by Gasteiger charge is 2.24. The van der Waals surface area contributed by atoms with Gasteiger partial charge in [0.25, 0.3) is 0 Å². The van der Waals surface area contributed by atoms with Gasteiger partial charge in [0.1, 0.15) is 11.5 Å². The molecule has 5 aromatic rings. The summed E-state index contributed by atoms with van der Waals surface area (Å²) in [5, 5.41) is 8.13. The van der Waals surface area contributed by atoms with E-state index in [-0.39, 0.29) is 0 Å². The molecule has 2 aromatic carbocycles. The van der Waals surface area contributed by atoms with Gasteiger partial charge in [0.2, 0.25) is 5.91 Å². The van der Waals surface area contributed by atoms with Crippen LogP contribution < -0.4 is 5.32 Å². The van der Waals surface area contributed by atoms with E-state index in [9.17, 15) is 4.79 Å². The number of hydrogen-bond acceptors (Lipinski definition) is 4. The van der Waals surface area contributed by atoms with Crippen molar-refractivity contribution in [3.8, 4) is 33.5 Å². The van der Waals surface area contributed by atoms with Gasteiger partial charge < -0.3 is 15.2 Å². The Bertz CT molecular complexity index is 1860. The molecule has 1 aliphatic heterocycles. The minimum absolute atomic E-state index is 0.365. The number of amides is 1. The van der Waals surface area contributed by atoms with Gasteiger partial charge >= 0.3 is 0 Å². The third kappa shape index (κ3) is 5.16. The van der Waals surface area contributed by atoms with Crippen LogP contribution in [-0.4, -0.2) is 50.7 Å². The number of aromatic amines is 1. The lowest BCUT2D eigenvalue weighted by molar-refractivity contribution is -0.111. The van der Waals surface area contributed by atoms with Crippen molar-refractivity contribution in [3.63, 3.8) is 0 Å². The molecule has 0 aliphatic carbocycles. The minimum atomic E-state index is -0.403. The number of hydrogen-bond donors (Lipinski definition) is 2. The molecule has 2 N–H and O–H groups in total. The third-order valence-electron chi connectivity index (χ3n) is 9.07. The fourth-order valence-electron chi connectivity index (χ4n) is 6.25. The Morgan fingerprint density at radius 2 is 1.74 bits per heavy atom. The number of carbonyl (C=O) groups is 1. The second kappa shape index (κ2) is 11.3. The molecule has 0 saturated carbocycles. The fraction of sp³-hybridized carbons (Fsp3) is 0.286. The number of likely N-dealkylation sites (tertiary alicyclic amines) is 1. The number of halogens is 1. The number of H-pyrrole nitrogens is 1. The predicted octanol–water partition coefficient (Wildman–Crippen LogP) is 7.30. The normalized spacial score (nSPS) is 14.4. The molecule has 3 aromatic heterocycles. The van der Waals surface area contributed by atoms with Crippen molar-refractivity contribution in [3.05, 3.63) is 89.6 Å². The van der Waals surface area contributed by atoms with E-state index in [1.807, 2.05) is 37.1 Å². The first-order valence-electron chi connectivity index (χ1n) is 14.7. The highest BCUT2D eigenvalue weighted by atomic mass is 19.1. The van der Waals surface area contributed by atoms with Crippen LogP contribution in [0.3, 0.4) is 0 Å². The van der Waals surface area contributed by atoms with Gasteiger partial charge in [-0.25, -0.2) is 9.37 Å². The Morgan fingerprint density at radius 1 is 1.02 bits per heavy atom. The Balaban J connectivity index is 1.56. The summed E-state index contributed by atoms with van der Waals surface area (Å²) >= 11 is 0. The van der Waals surface area contributed by atoms with Gasteiger partial charge in [-0.2, -0.15) is 5.10 Å². The number of nitrogens with one attached hydrogen (secondary N) is 2. The summed E-state index contributed by atoms with van der Waals surface area (Å²) in [5.41, 5.74) is 10.2. The first-order valence-corrected chi connectivity index (χ1v) is 14.7. The van der Waals surface area contributed by atoms with Crippen LogP contribution in [-0.2, 0) is 11.8 Å². The quantitative estimate of drug-likeness (QED) is 0.208. The van der Waals surface area contributed by atoms with E-state index in [2.05, 4.69) is 65.1 Å². The van der Waals surface area contributed by atoms with Gasteiger partial charge in [-0.15, -0.1) is 0 Å². The van der Waals surface area contributed by atoms with Crippen LogP contribution >= 0.6 is 0 Å². The highest BCUT2D eigenvalue weighted by molar-refractivity contribution is 6.07. The second-order valence-corrected chi connectivity index (χ2v) is 11.7. The lowest BCUT2D eigenvalue weighted by Gasteiger charge is -2.29. The molecule has 8 heteroatoms. The molecule has 1 amide bonds. The van der Waals surface area contributed by atoms with Crippen molar-refractivity contribution in [2.45, 2.75) is 39.5 Å². The fourth-order valence-corrected chi connectivity index (χ4v) is 6.25. The highest BCUT2D eigenvalue weighted by Crippen LogP contribution is 2.43. The lowest BCUT2D eigenvalue weighted by Crippen LogP contribution is -2.29. The summed E-state index contributed by atoms with van der Waals surface area (Å²) < 4.78 is 17.3. The zero-order valence-corrected chi connectivity index (χ0v) is 25.4. The number of aromatic nitrogens is 4. The zero-order valence-electron chi connectivity index (χ0n) is 25.4. The molecule has 0 unspecified atom stereocenters. The van der Waals surface area contributed by atoms with Gasteiger partial charge in [0.05, 0.1) is 11.9 Å². The number of fused-ring (bicyclic) bond motifs is 1. The Kier molecular flexibility index (Phi) is 7.48. The predicted molar refractivity (Wildman–Crippen MR) is 172 cm³/mol. The van der Waals surface area contributed by atoms with Gasteiger partial charge in [0.15, 0.2) is 0 Å². The molecular weight excluding hydrogens is 539 g/mol.